The summed E-state index contributed by atoms with van der Waals surface area (Å²) in [5.74, 6) is -0.208. The highest BCUT2D eigenvalue weighted by Crippen LogP contribution is 2.24. The van der Waals surface area contributed by atoms with E-state index >= 15 is 0 Å². The molecule has 0 aliphatic carbocycles. The number of ether oxygens (including phenoxy) is 1. The molecule has 2 aliphatic heterocycles. The molecule has 1 aromatic carbocycles. The van der Waals surface area contributed by atoms with E-state index in [2.05, 4.69) is 38.7 Å². The van der Waals surface area contributed by atoms with Crippen molar-refractivity contribution in [3.63, 3.8) is 0 Å². The summed E-state index contributed by atoms with van der Waals surface area (Å²) in [4.78, 5) is 7.34. The second-order valence-corrected chi connectivity index (χ2v) is 9.19. The van der Waals surface area contributed by atoms with Crippen LogP contribution in [0.5, 0.6) is 0 Å². The second-order valence-electron chi connectivity index (χ2n) is 8.15. The standard InChI is InChI=1S/C21H30FN5OS/c1-16(2)27-11-12-28-19(15-27)14-25-7-9-26(10-8-25)21-24-23-20(29-21)13-17-3-5-18(22)6-4-17/h3-6,16,19H,7-15H2,1-2H3. The van der Waals surface area contributed by atoms with Crippen molar-refractivity contribution < 1.29 is 9.13 Å². The first kappa shape index (κ1) is 20.7. The molecule has 4 rings (SSSR count). The minimum absolute atomic E-state index is 0.208. The van der Waals surface area contributed by atoms with E-state index in [0.717, 1.165) is 68.1 Å². The Balaban J connectivity index is 1.25. The Morgan fingerprint density at radius 3 is 2.59 bits per heavy atom. The van der Waals surface area contributed by atoms with Crippen molar-refractivity contribution in [2.45, 2.75) is 32.4 Å². The lowest BCUT2D eigenvalue weighted by Crippen LogP contribution is -2.53. The number of rotatable bonds is 6. The van der Waals surface area contributed by atoms with Gasteiger partial charge in [0.25, 0.3) is 0 Å². The average molecular weight is 420 g/mol. The smallest absolute Gasteiger partial charge is 0.208 e. The maximum Gasteiger partial charge on any atom is 0.208 e. The molecule has 1 atom stereocenters. The minimum Gasteiger partial charge on any atom is -0.374 e. The molecular formula is C21H30FN5OS. The number of piperazine rings is 1. The van der Waals surface area contributed by atoms with Crippen LogP contribution in [0, 0.1) is 5.82 Å². The Hall–Kier alpha value is -1.61. The third-order valence-corrected chi connectivity index (χ3v) is 6.71. The van der Waals surface area contributed by atoms with Crippen LogP contribution < -0.4 is 4.90 Å². The van der Waals surface area contributed by atoms with Gasteiger partial charge in [-0.3, -0.25) is 9.80 Å². The predicted octanol–water partition coefficient (Wildman–Crippen LogP) is 2.50. The Labute approximate surface area is 176 Å². The number of hydrogen-bond donors (Lipinski definition) is 0. The highest BCUT2D eigenvalue weighted by molar-refractivity contribution is 7.15. The van der Waals surface area contributed by atoms with Gasteiger partial charge in [-0.1, -0.05) is 23.5 Å². The van der Waals surface area contributed by atoms with Crippen molar-refractivity contribution in [2.75, 3.05) is 57.3 Å². The maximum absolute atomic E-state index is 13.1. The number of halogens is 1. The Morgan fingerprint density at radius 2 is 1.86 bits per heavy atom. The van der Waals surface area contributed by atoms with Crippen LogP contribution in [-0.4, -0.2) is 84.6 Å². The summed E-state index contributed by atoms with van der Waals surface area (Å²) in [6, 6.07) is 7.19. The molecule has 0 bridgehead atoms. The molecule has 29 heavy (non-hydrogen) atoms. The van der Waals surface area contributed by atoms with E-state index in [-0.39, 0.29) is 5.82 Å². The van der Waals surface area contributed by atoms with Gasteiger partial charge in [-0.15, -0.1) is 10.2 Å². The van der Waals surface area contributed by atoms with Crippen molar-refractivity contribution >= 4 is 16.5 Å². The number of benzene rings is 1. The van der Waals surface area contributed by atoms with E-state index in [0.29, 0.717) is 18.6 Å². The predicted molar refractivity (Wildman–Crippen MR) is 114 cm³/mol. The topological polar surface area (TPSA) is 44.7 Å². The van der Waals surface area contributed by atoms with Gasteiger partial charge in [0.05, 0.1) is 12.7 Å². The molecular weight excluding hydrogens is 389 g/mol. The van der Waals surface area contributed by atoms with Crippen LogP contribution in [0.15, 0.2) is 24.3 Å². The number of hydrogen-bond acceptors (Lipinski definition) is 7. The van der Waals surface area contributed by atoms with Gasteiger partial charge in [-0.2, -0.15) is 0 Å². The molecule has 6 nitrogen and oxygen atoms in total. The largest absolute Gasteiger partial charge is 0.374 e. The molecule has 3 heterocycles. The summed E-state index contributed by atoms with van der Waals surface area (Å²) in [5, 5.41) is 10.7. The van der Waals surface area contributed by atoms with Gasteiger partial charge < -0.3 is 9.64 Å². The monoisotopic (exact) mass is 419 g/mol. The van der Waals surface area contributed by atoms with Crippen molar-refractivity contribution in [2.24, 2.45) is 0 Å². The van der Waals surface area contributed by atoms with Gasteiger partial charge in [0.15, 0.2) is 0 Å². The van der Waals surface area contributed by atoms with Crippen LogP contribution in [0.2, 0.25) is 0 Å². The van der Waals surface area contributed by atoms with Crippen LogP contribution in [0.1, 0.15) is 24.4 Å². The Morgan fingerprint density at radius 1 is 1.10 bits per heavy atom. The second kappa shape index (κ2) is 9.47. The van der Waals surface area contributed by atoms with Gasteiger partial charge in [0.2, 0.25) is 5.13 Å². The molecule has 2 aromatic rings. The lowest BCUT2D eigenvalue weighted by atomic mass is 10.2. The number of morpholine rings is 1. The van der Waals surface area contributed by atoms with E-state index in [1.165, 1.54) is 12.1 Å². The van der Waals surface area contributed by atoms with Crippen molar-refractivity contribution in [1.82, 2.24) is 20.0 Å². The fraction of sp³-hybridized carbons (Fsp3) is 0.619. The first-order valence-electron chi connectivity index (χ1n) is 10.5. The number of nitrogens with zero attached hydrogens (tertiary/aromatic N) is 5. The molecule has 2 fully saturated rings. The third kappa shape index (κ3) is 5.51. The summed E-state index contributed by atoms with van der Waals surface area (Å²) in [7, 11) is 0. The fourth-order valence-electron chi connectivity index (χ4n) is 3.95. The van der Waals surface area contributed by atoms with Crippen LogP contribution in [0.25, 0.3) is 0 Å². The molecule has 0 spiro atoms. The van der Waals surface area contributed by atoms with Gasteiger partial charge >= 0.3 is 0 Å². The van der Waals surface area contributed by atoms with E-state index in [4.69, 9.17) is 4.74 Å². The van der Waals surface area contributed by atoms with Crippen LogP contribution in [-0.2, 0) is 11.2 Å². The Kier molecular flexibility index (Phi) is 6.74. The average Bonchev–Trinajstić information content (AvgIpc) is 3.19. The summed E-state index contributed by atoms with van der Waals surface area (Å²) in [5.41, 5.74) is 1.06. The lowest BCUT2D eigenvalue weighted by Gasteiger charge is -2.40. The quantitative estimate of drug-likeness (QED) is 0.717. The third-order valence-electron chi connectivity index (χ3n) is 5.73. The normalized spacial score (nSPS) is 21.8. The Bertz CT molecular complexity index is 776. The van der Waals surface area contributed by atoms with E-state index < -0.39 is 0 Å². The van der Waals surface area contributed by atoms with Gasteiger partial charge in [0.1, 0.15) is 10.8 Å². The van der Waals surface area contributed by atoms with E-state index in [9.17, 15) is 4.39 Å². The molecule has 8 heteroatoms. The zero-order valence-corrected chi connectivity index (χ0v) is 18.1. The molecule has 2 saturated heterocycles. The summed E-state index contributed by atoms with van der Waals surface area (Å²) in [6.45, 7) is 12.4. The zero-order valence-electron chi connectivity index (χ0n) is 17.3. The summed E-state index contributed by atoms with van der Waals surface area (Å²) in [6.07, 6.45) is 1.00. The first-order chi connectivity index (χ1) is 14.1. The summed E-state index contributed by atoms with van der Waals surface area (Å²) >= 11 is 1.64. The fourth-order valence-corrected chi connectivity index (χ4v) is 4.88. The molecule has 0 radical (unpaired) electrons. The van der Waals surface area contributed by atoms with Gasteiger partial charge in [-0.05, 0) is 31.5 Å². The molecule has 1 aromatic heterocycles. The van der Waals surface area contributed by atoms with Crippen molar-refractivity contribution in [3.8, 4) is 0 Å². The minimum atomic E-state index is -0.208. The summed E-state index contributed by atoms with van der Waals surface area (Å²) < 4.78 is 19.1. The molecule has 0 saturated carbocycles. The SMILES string of the molecule is CC(C)N1CCOC(CN2CCN(c3nnc(Cc4ccc(F)cc4)s3)CC2)C1. The number of aromatic nitrogens is 2. The highest BCUT2D eigenvalue weighted by atomic mass is 32.1. The maximum atomic E-state index is 13.1. The first-order valence-corrected chi connectivity index (χ1v) is 11.3. The molecule has 2 aliphatic rings. The van der Waals surface area contributed by atoms with E-state index in [1.807, 2.05) is 12.1 Å². The van der Waals surface area contributed by atoms with E-state index in [1.54, 1.807) is 11.3 Å². The number of anilines is 1. The van der Waals surface area contributed by atoms with Crippen LogP contribution in [0.3, 0.4) is 0 Å². The van der Waals surface area contributed by atoms with Gasteiger partial charge in [0, 0.05) is 58.3 Å². The lowest BCUT2D eigenvalue weighted by molar-refractivity contribution is -0.0525. The van der Waals surface area contributed by atoms with Crippen LogP contribution >= 0.6 is 11.3 Å². The molecule has 0 N–H and O–H groups in total. The molecule has 0 amide bonds. The van der Waals surface area contributed by atoms with Crippen LogP contribution in [0.4, 0.5) is 9.52 Å². The molecule has 1 unspecified atom stereocenters. The van der Waals surface area contributed by atoms with Gasteiger partial charge in [-0.25, -0.2) is 4.39 Å². The molecule has 158 valence electrons. The highest BCUT2D eigenvalue weighted by Gasteiger charge is 2.26. The zero-order chi connectivity index (χ0) is 20.2. The van der Waals surface area contributed by atoms with Crippen molar-refractivity contribution in [3.05, 3.63) is 40.7 Å². The van der Waals surface area contributed by atoms with Crippen molar-refractivity contribution in [1.29, 1.82) is 0 Å².